The summed E-state index contributed by atoms with van der Waals surface area (Å²) in [4.78, 5) is 14.9. The van der Waals surface area contributed by atoms with Gasteiger partial charge in [0.15, 0.2) is 0 Å². The van der Waals surface area contributed by atoms with E-state index in [0.717, 1.165) is 61.0 Å². The lowest BCUT2D eigenvalue weighted by molar-refractivity contribution is -0.115. The SMILES string of the molecule is COc1cc(CC(=O)Nc2ccccc2CN2CCOCC2)ccc1C. The Kier molecular flexibility index (Phi) is 6.26. The summed E-state index contributed by atoms with van der Waals surface area (Å²) in [6.45, 7) is 6.19. The van der Waals surface area contributed by atoms with Gasteiger partial charge in [0.1, 0.15) is 5.75 Å². The molecule has 0 spiro atoms. The zero-order valence-electron chi connectivity index (χ0n) is 15.5. The molecular formula is C21H26N2O3. The van der Waals surface area contributed by atoms with Gasteiger partial charge >= 0.3 is 0 Å². The third kappa shape index (κ3) is 4.84. The Balaban J connectivity index is 1.65. The third-order valence-electron chi connectivity index (χ3n) is 4.63. The van der Waals surface area contributed by atoms with Crippen LogP contribution in [0.1, 0.15) is 16.7 Å². The smallest absolute Gasteiger partial charge is 0.228 e. The molecule has 1 amide bonds. The van der Waals surface area contributed by atoms with Gasteiger partial charge in [0.2, 0.25) is 5.91 Å². The number of morpholine rings is 1. The zero-order valence-corrected chi connectivity index (χ0v) is 15.5. The van der Waals surface area contributed by atoms with E-state index >= 15 is 0 Å². The topological polar surface area (TPSA) is 50.8 Å². The minimum Gasteiger partial charge on any atom is -0.496 e. The average molecular weight is 354 g/mol. The number of anilines is 1. The van der Waals surface area contributed by atoms with Crippen molar-refractivity contribution in [2.45, 2.75) is 19.9 Å². The number of amides is 1. The number of nitrogens with zero attached hydrogens (tertiary/aromatic N) is 1. The third-order valence-corrected chi connectivity index (χ3v) is 4.63. The van der Waals surface area contributed by atoms with Crippen LogP contribution in [0.2, 0.25) is 0 Å². The fraction of sp³-hybridized carbons (Fsp3) is 0.381. The van der Waals surface area contributed by atoms with Crippen molar-refractivity contribution in [2.75, 3.05) is 38.7 Å². The first-order valence-corrected chi connectivity index (χ1v) is 8.97. The Bertz CT molecular complexity index is 755. The highest BCUT2D eigenvalue weighted by atomic mass is 16.5. The van der Waals surface area contributed by atoms with Crippen molar-refractivity contribution in [3.05, 3.63) is 59.2 Å². The number of ether oxygens (including phenoxy) is 2. The van der Waals surface area contributed by atoms with Gasteiger partial charge in [0, 0.05) is 25.3 Å². The molecule has 0 saturated carbocycles. The second-order valence-electron chi connectivity index (χ2n) is 6.57. The van der Waals surface area contributed by atoms with Crippen LogP contribution in [-0.2, 0) is 22.5 Å². The largest absolute Gasteiger partial charge is 0.496 e. The van der Waals surface area contributed by atoms with Crippen molar-refractivity contribution < 1.29 is 14.3 Å². The molecule has 2 aromatic carbocycles. The molecular weight excluding hydrogens is 328 g/mol. The van der Waals surface area contributed by atoms with E-state index in [-0.39, 0.29) is 5.91 Å². The lowest BCUT2D eigenvalue weighted by Crippen LogP contribution is -2.35. The number of hydrogen-bond acceptors (Lipinski definition) is 4. The monoisotopic (exact) mass is 354 g/mol. The second kappa shape index (κ2) is 8.83. The highest BCUT2D eigenvalue weighted by molar-refractivity contribution is 5.93. The summed E-state index contributed by atoms with van der Waals surface area (Å²) in [5, 5.41) is 3.06. The predicted octanol–water partition coefficient (Wildman–Crippen LogP) is 3.02. The minimum absolute atomic E-state index is 0.0228. The molecule has 0 aliphatic carbocycles. The van der Waals surface area contributed by atoms with Crippen LogP contribution in [-0.4, -0.2) is 44.2 Å². The second-order valence-corrected chi connectivity index (χ2v) is 6.57. The molecule has 138 valence electrons. The maximum absolute atomic E-state index is 12.5. The van der Waals surface area contributed by atoms with Crippen molar-refractivity contribution >= 4 is 11.6 Å². The Morgan fingerprint density at radius 2 is 1.96 bits per heavy atom. The molecule has 1 saturated heterocycles. The number of aryl methyl sites for hydroxylation is 1. The number of methoxy groups -OCH3 is 1. The quantitative estimate of drug-likeness (QED) is 0.866. The van der Waals surface area contributed by atoms with Crippen LogP contribution in [0.3, 0.4) is 0 Å². The van der Waals surface area contributed by atoms with Gasteiger partial charge in [-0.15, -0.1) is 0 Å². The van der Waals surface area contributed by atoms with Gasteiger partial charge in [0.05, 0.1) is 26.7 Å². The first-order chi connectivity index (χ1) is 12.7. The maximum atomic E-state index is 12.5. The van der Waals surface area contributed by atoms with Gasteiger partial charge in [-0.2, -0.15) is 0 Å². The van der Waals surface area contributed by atoms with E-state index in [2.05, 4.69) is 16.3 Å². The van der Waals surface area contributed by atoms with Crippen LogP contribution in [0, 0.1) is 6.92 Å². The number of benzene rings is 2. The van der Waals surface area contributed by atoms with Crippen molar-refractivity contribution in [1.29, 1.82) is 0 Å². The van der Waals surface area contributed by atoms with Gasteiger partial charge in [-0.25, -0.2) is 0 Å². The van der Waals surface area contributed by atoms with E-state index in [1.165, 1.54) is 0 Å². The van der Waals surface area contributed by atoms with Crippen molar-refractivity contribution in [3.8, 4) is 5.75 Å². The molecule has 0 atom stereocenters. The average Bonchev–Trinajstić information content (AvgIpc) is 2.66. The number of carbonyl (C=O) groups is 1. The van der Waals surface area contributed by atoms with E-state index in [1.54, 1.807) is 7.11 Å². The molecule has 5 nitrogen and oxygen atoms in total. The fourth-order valence-electron chi connectivity index (χ4n) is 3.13. The molecule has 2 aromatic rings. The van der Waals surface area contributed by atoms with Crippen molar-refractivity contribution in [3.63, 3.8) is 0 Å². The molecule has 0 aromatic heterocycles. The van der Waals surface area contributed by atoms with Gasteiger partial charge in [-0.05, 0) is 35.7 Å². The maximum Gasteiger partial charge on any atom is 0.228 e. The van der Waals surface area contributed by atoms with E-state index in [4.69, 9.17) is 9.47 Å². The minimum atomic E-state index is -0.0228. The summed E-state index contributed by atoms with van der Waals surface area (Å²) >= 11 is 0. The van der Waals surface area contributed by atoms with Crippen molar-refractivity contribution in [1.82, 2.24) is 4.90 Å². The van der Waals surface area contributed by atoms with E-state index < -0.39 is 0 Å². The number of nitrogens with one attached hydrogen (secondary N) is 1. The number of rotatable bonds is 6. The van der Waals surface area contributed by atoms with Crippen LogP contribution >= 0.6 is 0 Å². The van der Waals surface area contributed by atoms with Gasteiger partial charge in [-0.3, -0.25) is 9.69 Å². The molecule has 1 heterocycles. The summed E-state index contributed by atoms with van der Waals surface area (Å²) in [6, 6.07) is 13.9. The summed E-state index contributed by atoms with van der Waals surface area (Å²) in [5.41, 5.74) is 4.01. The summed E-state index contributed by atoms with van der Waals surface area (Å²) in [7, 11) is 1.65. The molecule has 1 fully saturated rings. The molecule has 5 heteroatoms. The van der Waals surface area contributed by atoms with Crippen LogP contribution in [0.5, 0.6) is 5.75 Å². The van der Waals surface area contributed by atoms with Crippen LogP contribution in [0.15, 0.2) is 42.5 Å². The Hall–Kier alpha value is -2.37. The van der Waals surface area contributed by atoms with E-state index in [0.29, 0.717) is 6.42 Å². The number of hydrogen-bond donors (Lipinski definition) is 1. The molecule has 1 aliphatic heterocycles. The van der Waals surface area contributed by atoms with Gasteiger partial charge < -0.3 is 14.8 Å². The lowest BCUT2D eigenvalue weighted by Gasteiger charge is -2.27. The molecule has 0 radical (unpaired) electrons. The summed E-state index contributed by atoms with van der Waals surface area (Å²) < 4.78 is 10.7. The zero-order chi connectivity index (χ0) is 18.4. The first-order valence-electron chi connectivity index (χ1n) is 8.97. The first kappa shape index (κ1) is 18.4. The molecule has 0 bridgehead atoms. The number of carbonyl (C=O) groups excluding carboxylic acids is 1. The molecule has 1 N–H and O–H groups in total. The molecule has 3 rings (SSSR count). The normalized spacial score (nSPS) is 14.8. The Morgan fingerprint density at radius 3 is 2.73 bits per heavy atom. The summed E-state index contributed by atoms with van der Waals surface area (Å²) in [6.07, 6.45) is 0.322. The Morgan fingerprint density at radius 1 is 1.19 bits per heavy atom. The van der Waals surface area contributed by atoms with Crippen LogP contribution < -0.4 is 10.1 Å². The standard InChI is InChI=1S/C21H26N2O3/c1-16-7-8-17(13-20(16)25-2)14-21(24)22-19-6-4-3-5-18(19)15-23-9-11-26-12-10-23/h3-8,13H,9-12,14-15H2,1-2H3,(H,22,24). The van der Waals surface area contributed by atoms with E-state index in [9.17, 15) is 4.79 Å². The number of para-hydroxylation sites is 1. The van der Waals surface area contributed by atoms with Crippen LogP contribution in [0.4, 0.5) is 5.69 Å². The van der Waals surface area contributed by atoms with Gasteiger partial charge in [0.25, 0.3) is 0 Å². The lowest BCUT2D eigenvalue weighted by atomic mass is 10.1. The van der Waals surface area contributed by atoms with E-state index in [1.807, 2.05) is 43.3 Å². The predicted molar refractivity (Wildman–Crippen MR) is 103 cm³/mol. The highest BCUT2D eigenvalue weighted by Gasteiger charge is 2.14. The highest BCUT2D eigenvalue weighted by Crippen LogP contribution is 2.21. The van der Waals surface area contributed by atoms with Crippen molar-refractivity contribution in [2.24, 2.45) is 0 Å². The fourth-order valence-corrected chi connectivity index (χ4v) is 3.13. The molecule has 26 heavy (non-hydrogen) atoms. The van der Waals surface area contributed by atoms with Gasteiger partial charge in [-0.1, -0.05) is 30.3 Å². The van der Waals surface area contributed by atoms with Crippen LogP contribution in [0.25, 0.3) is 0 Å². The molecule has 0 unspecified atom stereocenters. The molecule has 1 aliphatic rings. The Labute approximate surface area is 154 Å². The summed E-state index contributed by atoms with van der Waals surface area (Å²) in [5.74, 6) is 0.786.